The van der Waals surface area contributed by atoms with Crippen LogP contribution in [0.4, 0.5) is 0 Å². The van der Waals surface area contributed by atoms with Gasteiger partial charge in [0.2, 0.25) is 0 Å². The molecule has 0 aromatic carbocycles. The molecule has 0 radical (unpaired) electrons. The first-order valence-corrected chi connectivity index (χ1v) is 4.60. The van der Waals surface area contributed by atoms with Gasteiger partial charge in [0, 0.05) is 0 Å². The van der Waals surface area contributed by atoms with E-state index in [0.717, 1.165) is 6.42 Å². The molecule has 2 unspecified atom stereocenters. The molecule has 1 rings (SSSR count). The zero-order valence-electron chi connectivity index (χ0n) is 5.43. The second-order valence-corrected chi connectivity index (χ2v) is 4.72. The summed E-state index contributed by atoms with van der Waals surface area (Å²) in [6.07, 6.45) is 1.44. The van der Waals surface area contributed by atoms with Crippen LogP contribution in [0.15, 0.2) is 0 Å². The van der Waals surface area contributed by atoms with E-state index in [0.29, 0.717) is 12.8 Å². The first-order chi connectivity index (χ1) is 4.56. The van der Waals surface area contributed by atoms with Crippen molar-refractivity contribution in [2.24, 2.45) is 0 Å². The highest BCUT2D eigenvalue weighted by Crippen LogP contribution is 2.38. The fourth-order valence-electron chi connectivity index (χ4n) is 1.07. The fraction of sp³-hybridized carbons (Fsp3) is 1.00. The molecule has 0 aromatic heterocycles. The Kier molecular flexibility index (Phi) is 2.61. The number of hydrogen-bond donors (Lipinski definition) is 2. The Hall–Kier alpha value is 0.690. The largest absolute Gasteiger partial charge is 0.388 e. The van der Waals surface area contributed by atoms with Crippen molar-refractivity contribution in [3.05, 3.63) is 0 Å². The lowest BCUT2D eigenvalue weighted by Crippen LogP contribution is -2.50. The molecule has 0 saturated heterocycles. The standard InChI is InChI=1S/C6H10BrClO2/c7-5(8)4(9)6(10)2-1-3-6/h4-5,9-10H,1-3H2. The second kappa shape index (κ2) is 2.97. The Bertz CT molecular complexity index is 125. The van der Waals surface area contributed by atoms with E-state index < -0.39 is 16.0 Å². The summed E-state index contributed by atoms with van der Waals surface area (Å²) in [5.74, 6) is 0. The van der Waals surface area contributed by atoms with Gasteiger partial charge in [0.05, 0.1) is 5.60 Å². The van der Waals surface area contributed by atoms with Crippen molar-refractivity contribution >= 4 is 27.5 Å². The summed E-state index contributed by atoms with van der Waals surface area (Å²) >= 11 is 8.54. The van der Waals surface area contributed by atoms with E-state index in [4.69, 9.17) is 11.6 Å². The summed E-state index contributed by atoms with van der Waals surface area (Å²) in [5.41, 5.74) is -0.921. The smallest absolute Gasteiger partial charge is 0.117 e. The molecule has 10 heavy (non-hydrogen) atoms. The van der Waals surface area contributed by atoms with Gasteiger partial charge in [0.15, 0.2) is 0 Å². The van der Waals surface area contributed by atoms with Crippen LogP contribution in [0.2, 0.25) is 0 Å². The third kappa shape index (κ3) is 1.47. The van der Waals surface area contributed by atoms with E-state index in [1.807, 2.05) is 0 Å². The van der Waals surface area contributed by atoms with Gasteiger partial charge in [-0.3, -0.25) is 0 Å². The summed E-state index contributed by atoms with van der Waals surface area (Å²) in [4.78, 5) is 0. The maximum atomic E-state index is 9.48. The van der Waals surface area contributed by atoms with Crippen LogP contribution in [0.3, 0.4) is 0 Å². The number of aliphatic hydroxyl groups excluding tert-OH is 1. The molecule has 0 aliphatic heterocycles. The average molecular weight is 230 g/mol. The van der Waals surface area contributed by atoms with Crippen LogP contribution >= 0.6 is 27.5 Å². The second-order valence-electron chi connectivity index (χ2n) is 2.74. The third-order valence-corrected chi connectivity index (χ3v) is 2.75. The van der Waals surface area contributed by atoms with E-state index >= 15 is 0 Å². The molecular weight excluding hydrogens is 219 g/mol. The van der Waals surface area contributed by atoms with Crippen molar-refractivity contribution in [1.29, 1.82) is 0 Å². The first kappa shape index (κ1) is 8.78. The van der Waals surface area contributed by atoms with E-state index in [1.165, 1.54) is 0 Å². The zero-order valence-corrected chi connectivity index (χ0v) is 7.77. The highest BCUT2D eigenvalue weighted by molar-refractivity contribution is 9.10. The molecule has 1 aliphatic rings. The van der Waals surface area contributed by atoms with Gasteiger partial charge in [-0.25, -0.2) is 0 Å². The molecule has 1 aliphatic carbocycles. The molecule has 2 N–H and O–H groups in total. The maximum Gasteiger partial charge on any atom is 0.117 e. The predicted octanol–water partition coefficient (Wildman–Crippen LogP) is 1.22. The lowest BCUT2D eigenvalue weighted by molar-refractivity contribution is -0.118. The Morgan fingerprint density at radius 2 is 2.00 bits per heavy atom. The van der Waals surface area contributed by atoms with Crippen molar-refractivity contribution in [1.82, 2.24) is 0 Å². The topological polar surface area (TPSA) is 40.5 Å². The van der Waals surface area contributed by atoms with Crippen molar-refractivity contribution in [3.8, 4) is 0 Å². The Morgan fingerprint density at radius 1 is 1.50 bits per heavy atom. The molecule has 0 heterocycles. The van der Waals surface area contributed by atoms with Gasteiger partial charge in [0.25, 0.3) is 0 Å². The average Bonchev–Trinajstić information content (AvgIpc) is 1.81. The van der Waals surface area contributed by atoms with Crippen LogP contribution in [-0.4, -0.2) is 26.2 Å². The third-order valence-electron chi connectivity index (χ3n) is 2.01. The summed E-state index contributed by atoms with van der Waals surface area (Å²) in [5, 5.41) is 18.8. The highest BCUT2D eigenvalue weighted by atomic mass is 79.9. The molecule has 0 bridgehead atoms. The molecule has 60 valence electrons. The molecule has 0 aromatic rings. The van der Waals surface area contributed by atoms with Crippen molar-refractivity contribution in [2.75, 3.05) is 0 Å². The fourth-order valence-corrected chi connectivity index (χ4v) is 1.80. The number of rotatable bonds is 2. The molecule has 4 heteroatoms. The highest BCUT2D eigenvalue weighted by Gasteiger charge is 2.43. The number of halogens is 2. The van der Waals surface area contributed by atoms with E-state index in [2.05, 4.69) is 15.9 Å². The molecule has 0 amide bonds. The summed E-state index contributed by atoms with van der Waals surface area (Å²) in [7, 11) is 0. The Morgan fingerprint density at radius 3 is 2.10 bits per heavy atom. The molecule has 1 fully saturated rings. The van der Waals surface area contributed by atoms with Gasteiger partial charge in [-0.15, -0.1) is 11.6 Å². The molecular formula is C6H10BrClO2. The number of alkyl halides is 2. The number of aliphatic hydroxyl groups is 2. The van der Waals surface area contributed by atoms with Crippen molar-refractivity contribution in [3.63, 3.8) is 0 Å². The van der Waals surface area contributed by atoms with Gasteiger partial charge in [0.1, 0.15) is 10.4 Å². The lowest BCUT2D eigenvalue weighted by Gasteiger charge is -2.41. The van der Waals surface area contributed by atoms with Crippen LogP contribution in [0, 0.1) is 0 Å². The summed E-state index contributed by atoms with van der Waals surface area (Å²) in [6.45, 7) is 0. The van der Waals surface area contributed by atoms with Crippen molar-refractivity contribution in [2.45, 2.75) is 35.3 Å². The normalized spacial score (nSPS) is 28.8. The molecule has 0 spiro atoms. The molecule has 2 atom stereocenters. The Balaban J connectivity index is 2.46. The van der Waals surface area contributed by atoms with Crippen LogP contribution < -0.4 is 0 Å². The first-order valence-electron chi connectivity index (χ1n) is 3.25. The SMILES string of the molecule is OC(C(Cl)Br)C1(O)CCC1. The van der Waals surface area contributed by atoms with Gasteiger partial charge < -0.3 is 10.2 Å². The van der Waals surface area contributed by atoms with E-state index in [1.54, 1.807) is 0 Å². The van der Waals surface area contributed by atoms with Crippen LogP contribution in [0.5, 0.6) is 0 Å². The van der Waals surface area contributed by atoms with Gasteiger partial charge >= 0.3 is 0 Å². The van der Waals surface area contributed by atoms with Crippen molar-refractivity contribution < 1.29 is 10.2 Å². The molecule has 1 saturated carbocycles. The van der Waals surface area contributed by atoms with Crippen LogP contribution in [0.1, 0.15) is 19.3 Å². The van der Waals surface area contributed by atoms with Gasteiger partial charge in [-0.1, -0.05) is 15.9 Å². The lowest BCUT2D eigenvalue weighted by atomic mass is 9.77. The quantitative estimate of drug-likeness (QED) is 0.699. The van der Waals surface area contributed by atoms with E-state index in [-0.39, 0.29) is 0 Å². The van der Waals surface area contributed by atoms with Gasteiger partial charge in [-0.05, 0) is 19.3 Å². The Labute approximate surface area is 73.3 Å². The molecule has 2 nitrogen and oxygen atoms in total. The van der Waals surface area contributed by atoms with Crippen LogP contribution in [-0.2, 0) is 0 Å². The predicted molar refractivity (Wildman–Crippen MR) is 43.4 cm³/mol. The number of hydrogen-bond acceptors (Lipinski definition) is 2. The van der Waals surface area contributed by atoms with E-state index in [9.17, 15) is 10.2 Å². The zero-order chi connectivity index (χ0) is 7.78. The summed E-state index contributed by atoms with van der Waals surface area (Å²) in [6, 6.07) is 0. The minimum atomic E-state index is -0.921. The summed E-state index contributed by atoms with van der Waals surface area (Å²) < 4.78 is -0.544. The monoisotopic (exact) mass is 228 g/mol. The minimum absolute atomic E-state index is 0.544. The minimum Gasteiger partial charge on any atom is -0.388 e. The maximum absolute atomic E-state index is 9.48. The van der Waals surface area contributed by atoms with Crippen LogP contribution in [0.25, 0.3) is 0 Å². The van der Waals surface area contributed by atoms with Gasteiger partial charge in [-0.2, -0.15) is 0 Å².